The highest BCUT2D eigenvalue weighted by Crippen LogP contribution is 2.18. The highest BCUT2D eigenvalue weighted by molar-refractivity contribution is 5.93. The second-order valence-electron chi connectivity index (χ2n) is 4.24. The molecular weight excluding hydrogens is 256 g/mol. The fraction of sp³-hybridized carbons (Fsp3) is 0.200. The predicted octanol–water partition coefficient (Wildman–Crippen LogP) is 1.55. The third-order valence-corrected chi connectivity index (χ3v) is 2.88. The van der Waals surface area contributed by atoms with E-state index in [1.54, 1.807) is 55.9 Å². The first kappa shape index (κ1) is 14.0. The highest BCUT2D eigenvalue weighted by atomic mass is 16.5. The van der Waals surface area contributed by atoms with E-state index in [9.17, 15) is 9.90 Å². The number of methoxy groups -OCH3 is 1. The number of ether oxygens (including phenoxy) is 1. The Bertz CT molecular complexity index is 572. The molecule has 20 heavy (non-hydrogen) atoms. The Morgan fingerprint density at radius 1 is 1.35 bits per heavy atom. The molecule has 5 heteroatoms. The highest BCUT2D eigenvalue weighted by Gasteiger charge is 2.11. The number of carbonyl (C=O) groups is 1. The first-order chi connectivity index (χ1) is 9.70. The van der Waals surface area contributed by atoms with Crippen molar-refractivity contribution in [2.45, 2.75) is 6.10 Å². The Kier molecular flexibility index (Phi) is 4.68. The lowest BCUT2D eigenvalue weighted by atomic mass is 10.1. The summed E-state index contributed by atoms with van der Waals surface area (Å²) >= 11 is 0. The van der Waals surface area contributed by atoms with Gasteiger partial charge in [-0.15, -0.1) is 0 Å². The van der Waals surface area contributed by atoms with Crippen molar-refractivity contribution in [3.63, 3.8) is 0 Å². The molecule has 0 radical (unpaired) electrons. The lowest BCUT2D eigenvalue weighted by Gasteiger charge is -2.13. The smallest absolute Gasteiger partial charge is 0.251 e. The maximum Gasteiger partial charge on any atom is 0.251 e. The molecule has 5 nitrogen and oxygen atoms in total. The maximum atomic E-state index is 11.8. The Labute approximate surface area is 117 Å². The van der Waals surface area contributed by atoms with Crippen LogP contribution in [0.4, 0.5) is 0 Å². The van der Waals surface area contributed by atoms with Gasteiger partial charge in [0.15, 0.2) is 0 Å². The van der Waals surface area contributed by atoms with Crippen LogP contribution >= 0.6 is 0 Å². The van der Waals surface area contributed by atoms with Gasteiger partial charge in [0.2, 0.25) is 0 Å². The molecule has 1 aromatic heterocycles. The molecule has 0 saturated heterocycles. The molecule has 0 saturated carbocycles. The summed E-state index contributed by atoms with van der Waals surface area (Å²) in [5.41, 5.74) is 1.21. The lowest BCUT2D eigenvalue weighted by Crippen LogP contribution is -2.28. The summed E-state index contributed by atoms with van der Waals surface area (Å²) in [6.07, 6.45) is 2.32. The van der Waals surface area contributed by atoms with Crippen LogP contribution in [-0.4, -0.2) is 29.7 Å². The number of nitrogens with one attached hydrogen (secondary N) is 1. The Hall–Kier alpha value is -2.40. The number of aromatic nitrogens is 1. The summed E-state index contributed by atoms with van der Waals surface area (Å²) in [5.74, 6) is 0.427. The molecule has 0 aliphatic heterocycles. The van der Waals surface area contributed by atoms with Gasteiger partial charge in [0.25, 0.3) is 5.91 Å². The molecule has 2 N–H and O–H groups in total. The Balaban J connectivity index is 1.95. The van der Waals surface area contributed by atoms with Gasteiger partial charge in [0, 0.05) is 24.5 Å². The first-order valence-electron chi connectivity index (χ1n) is 6.21. The standard InChI is InChI=1S/C15H16N2O3/c1-20-13-4-2-3-12(9-13)14(18)10-17-15(19)11-5-7-16-8-6-11/h2-9,14,18H,10H2,1H3,(H,17,19). The molecule has 0 spiro atoms. The molecule has 2 aromatic rings. The average Bonchev–Trinajstić information content (AvgIpc) is 2.53. The Morgan fingerprint density at radius 2 is 2.10 bits per heavy atom. The van der Waals surface area contributed by atoms with Gasteiger partial charge >= 0.3 is 0 Å². The SMILES string of the molecule is COc1cccc(C(O)CNC(=O)c2ccncc2)c1. The molecule has 1 unspecified atom stereocenters. The van der Waals surface area contributed by atoms with E-state index in [4.69, 9.17) is 4.74 Å². The van der Waals surface area contributed by atoms with Crippen LogP contribution in [0.5, 0.6) is 5.75 Å². The van der Waals surface area contributed by atoms with E-state index in [0.29, 0.717) is 16.9 Å². The fourth-order valence-corrected chi connectivity index (χ4v) is 1.76. The number of amides is 1. The van der Waals surface area contributed by atoms with Crippen molar-refractivity contribution in [1.82, 2.24) is 10.3 Å². The third-order valence-electron chi connectivity index (χ3n) is 2.88. The lowest BCUT2D eigenvalue weighted by molar-refractivity contribution is 0.0916. The van der Waals surface area contributed by atoms with Crippen molar-refractivity contribution in [2.24, 2.45) is 0 Å². The van der Waals surface area contributed by atoms with Crippen molar-refractivity contribution in [1.29, 1.82) is 0 Å². The van der Waals surface area contributed by atoms with E-state index < -0.39 is 6.10 Å². The van der Waals surface area contributed by atoms with E-state index in [1.807, 2.05) is 0 Å². The van der Waals surface area contributed by atoms with Gasteiger partial charge in [-0.2, -0.15) is 0 Å². The third kappa shape index (κ3) is 3.55. The van der Waals surface area contributed by atoms with Crippen molar-refractivity contribution in [3.8, 4) is 5.75 Å². The van der Waals surface area contributed by atoms with E-state index >= 15 is 0 Å². The summed E-state index contributed by atoms with van der Waals surface area (Å²) in [6, 6.07) is 10.4. The summed E-state index contributed by atoms with van der Waals surface area (Å²) in [5, 5.41) is 12.7. The van der Waals surface area contributed by atoms with Gasteiger partial charge in [0.1, 0.15) is 5.75 Å². The Morgan fingerprint density at radius 3 is 2.80 bits per heavy atom. The monoisotopic (exact) mass is 272 g/mol. The molecule has 0 fully saturated rings. The van der Waals surface area contributed by atoms with Gasteiger partial charge in [-0.25, -0.2) is 0 Å². The number of nitrogens with zero attached hydrogens (tertiary/aromatic N) is 1. The number of carbonyl (C=O) groups excluding carboxylic acids is 1. The van der Waals surface area contributed by atoms with E-state index in [2.05, 4.69) is 10.3 Å². The summed E-state index contributed by atoms with van der Waals surface area (Å²) in [6.45, 7) is 0.133. The first-order valence-corrected chi connectivity index (χ1v) is 6.21. The number of aliphatic hydroxyl groups is 1. The topological polar surface area (TPSA) is 71.5 Å². The minimum absolute atomic E-state index is 0.133. The van der Waals surface area contributed by atoms with Crippen LogP contribution in [0, 0.1) is 0 Å². The van der Waals surface area contributed by atoms with E-state index in [1.165, 1.54) is 0 Å². The van der Waals surface area contributed by atoms with Crippen molar-refractivity contribution in [2.75, 3.05) is 13.7 Å². The molecule has 0 aliphatic rings. The zero-order valence-corrected chi connectivity index (χ0v) is 11.1. The van der Waals surface area contributed by atoms with Gasteiger partial charge in [-0.05, 0) is 29.8 Å². The fourth-order valence-electron chi connectivity index (χ4n) is 1.76. The largest absolute Gasteiger partial charge is 0.497 e. The molecule has 1 heterocycles. The summed E-state index contributed by atoms with van der Waals surface area (Å²) in [4.78, 5) is 15.7. The predicted molar refractivity (Wildman–Crippen MR) is 74.5 cm³/mol. The van der Waals surface area contributed by atoms with Gasteiger partial charge in [-0.3, -0.25) is 9.78 Å². The van der Waals surface area contributed by atoms with Crippen LogP contribution in [-0.2, 0) is 0 Å². The van der Waals surface area contributed by atoms with Crippen molar-refractivity contribution < 1.29 is 14.6 Å². The molecule has 2 rings (SSSR count). The van der Waals surface area contributed by atoms with Crippen molar-refractivity contribution >= 4 is 5.91 Å². The number of rotatable bonds is 5. The van der Waals surface area contributed by atoms with Crippen LogP contribution in [0.2, 0.25) is 0 Å². The van der Waals surface area contributed by atoms with E-state index in [0.717, 1.165) is 0 Å². The second kappa shape index (κ2) is 6.68. The minimum atomic E-state index is -0.782. The molecule has 0 bridgehead atoms. The van der Waals surface area contributed by atoms with Gasteiger partial charge in [0.05, 0.1) is 13.2 Å². The van der Waals surface area contributed by atoms with Crippen LogP contribution in [0.3, 0.4) is 0 Å². The number of benzene rings is 1. The van der Waals surface area contributed by atoms with Gasteiger partial charge < -0.3 is 15.2 Å². The molecule has 1 amide bonds. The second-order valence-corrected chi connectivity index (χ2v) is 4.24. The zero-order chi connectivity index (χ0) is 14.4. The number of hydrogen-bond acceptors (Lipinski definition) is 4. The number of aliphatic hydroxyl groups excluding tert-OH is 1. The quantitative estimate of drug-likeness (QED) is 0.866. The molecule has 1 atom stereocenters. The number of hydrogen-bond donors (Lipinski definition) is 2. The number of pyridine rings is 1. The molecular formula is C15H16N2O3. The summed E-state index contributed by atoms with van der Waals surface area (Å²) in [7, 11) is 1.57. The molecule has 1 aromatic carbocycles. The van der Waals surface area contributed by atoms with Crippen LogP contribution in [0.15, 0.2) is 48.8 Å². The van der Waals surface area contributed by atoms with Gasteiger partial charge in [-0.1, -0.05) is 12.1 Å². The summed E-state index contributed by atoms with van der Waals surface area (Å²) < 4.78 is 5.09. The van der Waals surface area contributed by atoms with Crippen molar-refractivity contribution in [3.05, 3.63) is 59.9 Å². The van der Waals surface area contributed by atoms with E-state index in [-0.39, 0.29) is 12.5 Å². The zero-order valence-electron chi connectivity index (χ0n) is 11.1. The molecule has 0 aliphatic carbocycles. The average molecular weight is 272 g/mol. The van der Waals surface area contributed by atoms with Crippen LogP contribution < -0.4 is 10.1 Å². The van der Waals surface area contributed by atoms with Crippen LogP contribution in [0.1, 0.15) is 22.0 Å². The normalized spacial score (nSPS) is 11.7. The minimum Gasteiger partial charge on any atom is -0.497 e. The maximum absolute atomic E-state index is 11.8. The van der Waals surface area contributed by atoms with Crippen LogP contribution in [0.25, 0.3) is 0 Å². The molecule has 104 valence electrons.